The number of hydrogen-bond acceptors (Lipinski definition) is 6. The monoisotopic (exact) mass is 512 g/mol. The van der Waals surface area contributed by atoms with Crippen molar-refractivity contribution in [3.05, 3.63) is 95.1 Å². The molecule has 5 rings (SSSR count). The number of nitrogens with zero attached hydrogens (tertiary/aromatic N) is 1. The lowest BCUT2D eigenvalue weighted by Gasteiger charge is -2.10. The molecule has 8 heteroatoms. The van der Waals surface area contributed by atoms with Gasteiger partial charge in [0, 0.05) is 29.4 Å². The molecule has 1 aliphatic rings. The Morgan fingerprint density at radius 2 is 1.73 bits per heavy atom. The molecule has 1 aliphatic carbocycles. The van der Waals surface area contributed by atoms with E-state index in [1.54, 1.807) is 0 Å². The molecule has 3 N–H and O–H groups in total. The third-order valence-corrected chi connectivity index (χ3v) is 6.96. The molecule has 0 saturated heterocycles. The predicted molar refractivity (Wildman–Crippen MR) is 147 cm³/mol. The number of anilines is 2. The van der Waals surface area contributed by atoms with E-state index in [4.69, 9.17) is 9.72 Å². The molecule has 0 aliphatic heterocycles. The number of benzene rings is 3. The minimum atomic E-state index is -0.552. The molecule has 3 aromatic carbocycles. The molecule has 1 fully saturated rings. The number of nitrogens with one attached hydrogen (secondary N) is 3. The number of thiazole rings is 1. The molecule has 1 heterocycles. The quantitative estimate of drug-likeness (QED) is 0.256. The van der Waals surface area contributed by atoms with E-state index < -0.39 is 6.09 Å². The maximum Gasteiger partial charge on any atom is 0.413 e. The van der Waals surface area contributed by atoms with Gasteiger partial charge in [-0.1, -0.05) is 72.0 Å². The van der Waals surface area contributed by atoms with Gasteiger partial charge in [-0.2, -0.15) is 0 Å². The van der Waals surface area contributed by atoms with E-state index in [0.717, 1.165) is 40.8 Å². The van der Waals surface area contributed by atoms with Gasteiger partial charge in [-0.15, -0.1) is 0 Å². The summed E-state index contributed by atoms with van der Waals surface area (Å²) in [6.45, 7) is 4.32. The van der Waals surface area contributed by atoms with Crippen molar-refractivity contribution in [1.82, 2.24) is 15.6 Å². The fraction of sp³-hybridized carbons (Fsp3) is 0.207. The molecule has 1 aromatic heterocycles. The van der Waals surface area contributed by atoms with Crippen LogP contribution in [0, 0.1) is 13.8 Å². The van der Waals surface area contributed by atoms with Gasteiger partial charge in [-0.25, -0.2) is 9.78 Å². The van der Waals surface area contributed by atoms with E-state index in [-0.39, 0.29) is 11.9 Å². The van der Waals surface area contributed by atoms with Crippen molar-refractivity contribution in [2.24, 2.45) is 0 Å². The number of amides is 2. The predicted octanol–water partition coefficient (Wildman–Crippen LogP) is 6.35. The molecule has 188 valence electrons. The van der Waals surface area contributed by atoms with E-state index in [1.807, 2.05) is 86.6 Å². The first-order chi connectivity index (χ1) is 18.0. The second-order valence-corrected chi connectivity index (χ2v) is 10.1. The van der Waals surface area contributed by atoms with Crippen molar-refractivity contribution in [2.75, 3.05) is 5.32 Å². The minimum absolute atomic E-state index is 0.0793. The van der Waals surface area contributed by atoms with Crippen LogP contribution in [0.15, 0.2) is 72.8 Å². The Balaban J connectivity index is 1.39. The fourth-order valence-electron chi connectivity index (χ4n) is 3.84. The van der Waals surface area contributed by atoms with Crippen molar-refractivity contribution in [3.8, 4) is 16.3 Å². The summed E-state index contributed by atoms with van der Waals surface area (Å²) in [5.41, 5.74) is 5.79. The summed E-state index contributed by atoms with van der Waals surface area (Å²) in [6.07, 6.45) is 1.51. The molecule has 4 aromatic rings. The van der Waals surface area contributed by atoms with Crippen molar-refractivity contribution in [3.63, 3.8) is 0 Å². The molecule has 0 radical (unpaired) electrons. The summed E-state index contributed by atoms with van der Waals surface area (Å²) in [7, 11) is 0. The largest absolute Gasteiger partial charge is 0.413 e. The van der Waals surface area contributed by atoms with Crippen LogP contribution in [0.3, 0.4) is 0 Å². The van der Waals surface area contributed by atoms with Crippen LogP contribution in [0.1, 0.15) is 39.9 Å². The SMILES string of the molecule is Cc1ccc(C(=O)NC2CC2)cc1Nc1nc(-c2ccccc2C)c(OC(=O)NCc2ccccc2)s1. The highest BCUT2D eigenvalue weighted by Gasteiger charge is 2.24. The smallest absolute Gasteiger partial charge is 0.397 e. The standard InChI is InChI=1S/C29H28N4O3S/c1-18-8-6-7-11-23(18)25-27(36-29(35)30-17-20-9-4-3-5-10-20)37-28(33-25)32-24-16-21(13-12-19(24)2)26(34)31-22-14-15-22/h3-13,16,22H,14-15,17H2,1-2H3,(H,30,35)(H,31,34)(H,32,33). The second kappa shape index (κ2) is 10.8. The number of carbonyl (C=O) groups is 2. The van der Waals surface area contributed by atoms with Gasteiger partial charge < -0.3 is 20.7 Å². The highest BCUT2D eigenvalue weighted by atomic mass is 32.1. The van der Waals surface area contributed by atoms with Crippen LogP contribution in [0.2, 0.25) is 0 Å². The minimum Gasteiger partial charge on any atom is -0.397 e. The number of rotatable bonds is 8. The van der Waals surface area contributed by atoms with Gasteiger partial charge >= 0.3 is 6.09 Å². The van der Waals surface area contributed by atoms with Crippen LogP contribution in [0.25, 0.3) is 11.3 Å². The number of carbonyl (C=O) groups excluding carboxylic acids is 2. The third-order valence-electron chi connectivity index (χ3n) is 6.12. The molecule has 1 saturated carbocycles. The van der Waals surface area contributed by atoms with Crippen LogP contribution < -0.4 is 20.7 Å². The van der Waals surface area contributed by atoms with E-state index >= 15 is 0 Å². The number of hydrogen-bond donors (Lipinski definition) is 3. The van der Waals surface area contributed by atoms with Gasteiger partial charge in [0.15, 0.2) is 5.13 Å². The number of aromatic nitrogens is 1. The first-order valence-electron chi connectivity index (χ1n) is 12.2. The average Bonchev–Trinajstić information content (AvgIpc) is 3.63. The lowest BCUT2D eigenvalue weighted by Crippen LogP contribution is -2.26. The van der Waals surface area contributed by atoms with E-state index in [2.05, 4.69) is 16.0 Å². The Morgan fingerprint density at radius 1 is 0.973 bits per heavy atom. The number of ether oxygens (including phenoxy) is 1. The van der Waals surface area contributed by atoms with Crippen LogP contribution in [-0.4, -0.2) is 23.0 Å². The van der Waals surface area contributed by atoms with Crippen LogP contribution in [0.5, 0.6) is 5.06 Å². The summed E-state index contributed by atoms with van der Waals surface area (Å²) in [5, 5.41) is 10.1. The molecule has 0 unspecified atom stereocenters. The molecular formula is C29H28N4O3S. The summed E-state index contributed by atoms with van der Waals surface area (Å²) in [5.74, 6) is -0.0793. The van der Waals surface area contributed by atoms with Crippen molar-refractivity contribution in [2.45, 2.75) is 39.3 Å². The molecule has 0 bridgehead atoms. The maximum absolute atomic E-state index is 12.7. The van der Waals surface area contributed by atoms with Gasteiger partial charge in [-0.05, 0) is 55.5 Å². The molecule has 0 atom stereocenters. The van der Waals surface area contributed by atoms with Crippen molar-refractivity contribution in [1.29, 1.82) is 0 Å². The fourth-order valence-corrected chi connectivity index (χ4v) is 4.68. The summed E-state index contributed by atoms with van der Waals surface area (Å²) in [4.78, 5) is 30.0. The van der Waals surface area contributed by atoms with Gasteiger partial charge in [0.2, 0.25) is 5.06 Å². The zero-order chi connectivity index (χ0) is 25.8. The third kappa shape index (κ3) is 6.16. The Hall–Kier alpha value is -4.17. The molecule has 37 heavy (non-hydrogen) atoms. The zero-order valence-corrected chi connectivity index (χ0v) is 21.5. The Bertz CT molecular complexity index is 1430. The Labute approximate surface area is 219 Å². The molecular weight excluding hydrogens is 484 g/mol. The lowest BCUT2D eigenvalue weighted by atomic mass is 10.1. The maximum atomic E-state index is 12.7. The Morgan fingerprint density at radius 3 is 2.49 bits per heavy atom. The second-order valence-electron chi connectivity index (χ2n) is 9.10. The summed E-state index contributed by atoms with van der Waals surface area (Å²) >= 11 is 1.25. The normalized spacial score (nSPS) is 12.6. The summed E-state index contributed by atoms with van der Waals surface area (Å²) < 4.78 is 5.74. The Kier molecular flexibility index (Phi) is 7.18. The number of aryl methyl sites for hydroxylation is 2. The van der Waals surface area contributed by atoms with Crippen molar-refractivity contribution < 1.29 is 14.3 Å². The van der Waals surface area contributed by atoms with Gasteiger partial charge in [0.25, 0.3) is 5.91 Å². The lowest BCUT2D eigenvalue weighted by molar-refractivity contribution is 0.0951. The van der Waals surface area contributed by atoms with Crippen LogP contribution in [0.4, 0.5) is 15.6 Å². The molecule has 0 spiro atoms. The van der Waals surface area contributed by atoms with Gasteiger partial charge in [0.1, 0.15) is 5.69 Å². The van der Waals surface area contributed by atoms with Crippen LogP contribution >= 0.6 is 11.3 Å². The summed E-state index contributed by atoms with van der Waals surface area (Å²) in [6, 6.07) is 23.3. The highest BCUT2D eigenvalue weighted by molar-refractivity contribution is 7.18. The van der Waals surface area contributed by atoms with Gasteiger partial charge in [-0.3, -0.25) is 4.79 Å². The highest BCUT2D eigenvalue weighted by Crippen LogP contribution is 2.40. The van der Waals surface area contributed by atoms with E-state index in [9.17, 15) is 9.59 Å². The first-order valence-corrected chi connectivity index (χ1v) is 13.0. The molecule has 2 amide bonds. The van der Waals surface area contributed by atoms with E-state index in [1.165, 1.54) is 11.3 Å². The zero-order valence-electron chi connectivity index (χ0n) is 20.7. The average molecular weight is 513 g/mol. The topological polar surface area (TPSA) is 92.3 Å². The van der Waals surface area contributed by atoms with Gasteiger partial charge in [0.05, 0.1) is 0 Å². The molecule has 7 nitrogen and oxygen atoms in total. The van der Waals surface area contributed by atoms with Crippen LogP contribution in [-0.2, 0) is 6.54 Å². The van der Waals surface area contributed by atoms with E-state index in [0.29, 0.717) is 28.0 Å². The first kappa shape index (κ1) is 24.5. The van der Waals surface area contributed by atoms with Crippen molar-refractivity contribution >= 4 is 34.2 Å².